The molecule has 2 rings (SSSR count). The summed E-state index contributed by atoms with van der Waals surface area (Å²) in [6, 6.07) is 0.249. The number of rotatable bonds is 0. The summed E-state index contributed by atoms with van der Waals surface area (Å²) < 4.78 is 0. The predicted octanol–water partition coefficient (Wildman–Crippen LogP) is -0.424. The summed E-state index contributed by atoms with van der Waals surface area (Å²) in [4.78, 5) is 2.21. The number of nitrogens with zero attached hydrogens (tertiary/aromatic N) is 1. The number of aliphatic hydroxyl groups is 2. The number of fused-ring (bicyclic) bond motifs is 1. The molecule has 3 atom stereocenters. The van der Waals surface area contributed by atoms with Gasteiger partial charge in [0.15, 0.2) is 0 Å². The van der Waals surface area contributed by atoms with Gasteiger partial charge < -0.3 is 10.2 Å². The van der Waals surface area contributed by atoms with E-state index in [0.29, 0.717) is 6.54 Å². The molecule has 0 aliphatic carbocycles. The normalized spacial score (nSPS) is 45.8. The van der Waals surface area contributed by atoms with Gasteiger partial charge in [-0.3, -0.25) is 4.90 Å². The lowest BCUT2D eigenvalue weighted by molar-refractivity contribution is 0.0318. The summed E-state index contributed by atoms with van der Waals surface area (Å²) in [6.45, 7) is 1.73. The molecular formula is C8H15NO2. The molecule has 0 aromatic carbocycles. The standard InChI is InChI=1S/C8H15NO2/c10-7-5-9-4-2-1-3-6(9)8(7)11/h6-8,10-11H,1-5H2/t6-,7+,8-/m0/s1. The van der Waals surface area contributed by atoms with Gasteiger partial charge in [0.2, 0.25) is 0 Å². The van der Waals surface area contributed by atoms with E-state index in [9.17, 15) is 10.2 Å². The van der Waals surface area contributed by atoms with E-state index in [1.165, 1.54) is 12.8 Å². The molecule has 0 aromatic heterocycles. The number of hydrogen-bond acceptors (Lipinski definition) is 3. The first-order chi connectivity index (χ1) is 5.29. The lowest BCUT2D eigenvalue weighted by Crippen LogP contribution is -2.39. The van der Waals surface area contributed by atoms with Crippen LogP contribution in [0.2, 0.25) is 0 Å². The van der Waals surface area contributed by atoms with Crippen LogP contribution in [0.1, 0.15) is 19.3 Å². The van der Waals surface area contributed by atoms with Crippen molar-refractivity contribution in [3.05, 3.63) is 0 Å². The molecule has 0 saturated carbocycles. The summed E-state index contributed by atoms with van der Waals surface area (Å²) in [6.07, 6.45) is 2.48. The van der Waals surface area contributed by atoms with Crippen molar-refractivity contribution in [3.8, 4) is 0 Å². The summed E-state index contributed by atoms with van der Waals surface area (Å²) in [5.74, 6) is 0. The van der Waals surface area contributed by atoms with E-state index in [0.717, 1.165) is 13.0 Å². The molecular weight excluding hydrogens is 142 g/mol. The van der Waals surface area contributed by atoms with Crippen molar-refractivity contribution in [3.63, 3.8) is 0 Å². The van der Waals surface area contributed by atoms with Crippen molar-refractivity contribution < 1.29 is 10.2 Å². The van der Waals surface area contributed by atoms with E-state index in [2.05, 4.69) is 4.90 Å². The highest BCUT2D eigenvalue weighted by Gasteiger charge is 2.40. The molecule has 2 heterocycles. The Morgan fingerprint density at radius 2 is 2.00 bits per heavy atom. The minimum atomic E-state index is -0.502. The summed E-state index contributed by atoms with van der Waals surface area (Å²) >= 11 is 0. The van der Waals surface area contributed by atoms with Gasteiger partial charge in [0.1, 0.15) is 0 Å². The molecule has 2 fully saturated rings. The summed E-state index contributed by atoms with van der Waals surface area (Å²) in [5, 5.41) is 18.8. The van der Waals surface area contributed by atoms with Gasteiger partial charge in [0.25, 0.3) is 0 Å². The lowest BCUT2D eigenvalue weighted by Gasteiger charge is -2.29. The van der Waals surface area contributed by atoms with Crippen LogP contribution in [0, 0.1) is 0 Å². The van der Waals surface area contributed by atoms with Crippen molar-refractivity contribution in [2.45, 2.75) is 37.5 Å². The second-order valence-electron chi connectivity index (χ2n) is 3.62. The van der Waals surface area contributed by atoms with Crippen molar-refractivity contribution >= 4 is 0 Å². The SMILES string of the molecule is O[C@@H]1[C@H](O)CN2CCCC[C@@H]12. The number of piperidine rings is 1. The van der Waals surface area contributed by atoms with Crippen molar-refractivity contribution in [1.29, 1.82) is 0 Å². The Morgan fingerprint density at radius 3 is 2.73 bits per heavy atom. The monoisotopic (exact) mass is 157 g/mol. The molecule has 0 spiro atoms. The Balaban J connectivity index is 2.05. The minimum absolute atomic E-state index is 0.249. The Labute approximate surface area is 66.6 Å². The summed E-state index contributed by atoms with van der Waals surface area (Å²) in [7, 11) is 0. The second kappa shape index (κ2) is 2.73. The van der Waals surface area contributed by atoms with E-state index in [4.69, 9.17) is 0 Å². The first kappa shape index (κ1) is 7.53. The van der Waals surface area contributed by atoms with Crippen LogP contribution in [0.3, 0.4) is 0 Å². The number of aliphatic hydroxyl groups excluding tert-OH is 2. The molecule has 11 heavy (non-hydrogen) atoms. The highest BCUT2D eigenvalue weighted by Crippen LogP contribution is 2.26. The number of hydrogen-bond donors (Lipinski definition) is 2. The van der Waals surface area contributed by atoms with Crippen molar-refractivity contribution in [2.75, 3.05) is 13.1 Å². The first-order valence-corrected chi connectivity index (χ1v) is 4.39. The Morgan fingerprint density at radius 1 is 1.18 bits per heavy atom. The highest BCUT2D eigenvalue weighted by molar-refractivity contribution is 4.94. The topological polar surface area (TPSA) is 43.7 Å². The third-order valence-electron chi connectivity index (χ3n) is 2.87. The van der Waals surface area contributed by atoms with Gasteiger partial charge in [-0.1, -0.05) is 6.42 Å². The van der Waals surface area contributed by atoms with Gasteiger partial charge in [-0.2, -0.15) is 0 Å². The average Bonchev–Trinajstić information content (AvgIpc) is 2.30. The third-order valence-corrected chi connectivity index (χ3v) is 2.87. The van der Waals surface area contributed by atoms with Gasteiger partial charge in [0, 0.05) is 12.6 Å². The van der Waals surface area contributed by atoms with Crippen LogP contribution in [-0.2, 0) is 0 Å². The fourth-order valence-electron chi connectivity index (χ4n) is 2.23. The maximum atomic E-state index is 9.50. The molecule has 0 aromatic rings. The zero-order chi connectivity index (χ0) is 7.84. The van der Waals surface area contributed by atoms with Crippen LogP contribution >= 0.6 is 0 Å². The molecule has 3 nitrogen and oxygen atoms in total. The Hall–Kier alpha value is -0.120. The first-order valence-electron chi connectivity index (χ1n) is 4.39. The quantitative estimate of drug-likeness (QED) is 0.502. The van der Waals surface area contributed by atoms with Crippen LogP contribution in [0.25, 0.3) is 0 Å². The van der Waals surface area contributed by atoms with Crippen LogP contribution in [0.15, 0.2) is 0 Å². The van der Waals surface area contributed by atoms with Gasteiger partial charge >= 0.3 is 0 Å². The molecule has 64 valence electrons. The zero-order valence-electron chi connectivity index (χ0n) is 6.61. The van der Waals surface area contributed by atoms with Gasteiger partial charge in [-0.05, 0) is 19.4 Å². The average molecular weight is 157 g/mol. The van der Waals surface area contributed by atoms with E-state index >= 15 is 0 Å². The molecule has 0 amide bonds. The molecule has 0 bridgehead atoms. The Bertz CT molecular complexity index is 151. The van der Waals surface area contributed by atoms with Crippen molar-refractivity contribution in [2.24, 2.45) is 0 Å². The minimum Gasteiger partial charge on any atom is -0.389 e. The molecule has 2 N–H and O–H groups in total. The van der Waals surface area contributed by atoms with E-state index in [1.54, 1.807) is 0 Å². The van der Waals surface area contributed by atoms with Gasteiger partial charge in [-0.15, -0.1) is 0 Å². The van der Waals surface area contributed by atoms with Crippen LogP contribution < -0.4 is 0 Å². The largest absolute Gasteiger partial charge is 0.389 e. The van der Waals surface area contributed by atoms with Crippen LogP contribution in [0.5, 0.6) is 0 Å². The lowest BCUT2D eigenvalue weighted by atomic mass is 10.0. The molecule has 2 aliphatic heterocycles. The van der Waals surface area contributed by atoms with Gasteiger partial charge in [-0.25, -0.2) is 0 Å². The smallest absolute Gasteiger partial charge is 0.0966 e. The van der Waals surface area contributed by atoms with Crippen molar-refractivity contribution in [1.82, 2.24) is 4.90 Å². The molecule has 3 heteroatoms. The Kier molecular flexibility index (Phi) is 1.87. The molecule has 0 radical (unpaired) electrons. The van der Waals surface area contributed by atoms with E-state index in [-0.39, 0.29) is 6.04 Å². The van der Waals surface area contributed by atoms with Crippen LogP contribution in [-0.4, -0.2) is 46.5 Å². The maximum Gasteiger partial charge on any atom is 0.0966 e. The molecule has 2 saturated heterocycles. The zero-order valence-corrected chi connectivity index (χ0v) is 6.61. The third kappa shape index (κ3) is 1.17. The van der Waals surface area contributed by atoms with E-state index in [1.807, 2.05) is 0 Å². The molecule has 2 aliphatic rings. The molecule has 0 unspecified atom stereocenters. The van der Waals surface area contributed by atoms with Gasteiger partial charge in [0.05, 0.1) is 12.2 Å². The summed E-state index contributed by atoms with van der Waals surface area (Å²) in [5.41, 5.74) is 0. The fraction of sp³-hybridized carbons (Fsp3) is 1.00. The highest BCUT2D eigenvalue weighted by atomic mass is 16.3. The van der Waals surface area contributed by atoms with E-state index < -0.39 is 12.2 Å². The predicted molar refractivity (Wildman–Crippen MR) is 41.2 cm³/mol. The second-order valence-corrected chi connectivity index (χ2v) is 3.62. The maximum absolute atomic E-state index is 9.50. The van der Waals surface area contributed by atoms with Crippen LogP contribution in [0.4, 0.5) is 0 Å². The fourth-order valence-corrected chi connectivity index (χ4v) is 2.23.